The van der Waals surface area contributed by atoms with E-state index in [-0.39, 0.29) is 17.1 Å². The van der Waals surface area contributed by atoms with Gasteiger partial charge >= 0.3 is 5.97 Å². The molecule has 7 heteroatoms. The van der Waals surface area contributed by atoms with Gasteiger partial charge in [-0.25, -0.2) is 18.3 Å². The fraction of sp³-hybridized carbons (Fsp3) is 0.182. The molecule has 5 nitrogen and oxygen atoms in total. The summed E-state index contributed by atoms with van der Waals surface area (Å²) in [5.74, 6) is -2.78. The zero-order valence-electron chi connectivity index (χ0n) is 9.39. The van der Waals surface area contributed by atoms with Crippen LogP contribution in [0.5, 0.6) is 0 Å². The van der Waals surface area contributed by atoms with Gasteiger partial charge in [-0.1, -0.05) is 12.1 Å². The number of hydrogen-bond acceptors (Lipinski definition) is 3. The number of carbonyl (C=O) groups is 1. The minimum Gasteiger partial charge on any atom is -0.476 e. The number of halogens is 2. The van der Waals surface area contributed by atoms with Gasteiger partial charge in [0.05, 0.1) is 5.69 Å². The lowest BCUT2D eigenvalue weighted by atomic mass is 10.2. The molecule has 0 aliphatic carbocycles. The van der Waals surface area contributed by atoms with E-state index >= 15 is 0 Å². The monoisotopic (exact) mass is 253 g/mol. The maximum atomic E-state index is 13.6. The summed E-state index contributed by atoms with van der Waals surface area (Å²) in [6, 6.07) is 2.96. The molecule has 1 aromatic heterocycles. The molecule has 1 N–H and O–H groups in total. The summed E-state index contributed by atoms with van der Waals surface area (Å²) < 4.78 is 27.5. The second-order valence-corrected chi connectivity index (χ2v) is 3.55. The molecule has 18 heavy (non-hydrogen) atoms. The maximum Gasteiger partial charge on any atom is 0.358 e. The molecular weight excluding hydrogens is 244 g/mol. The molecule has 0 radical (unpaired) electrons. The van der Waals surface area contributed by atoms with Gasteiger partial charge in [-0.2, -0.15) is 0 Å². The number of nitrogens with zero attached hydrogens (tertiary/aromatic N) is 3. The Bertz CT molecular complexity index is 610. The molecule has 0 fully saturated rings. The Kier molecular flexibility index (Phi) is 3.05. The van der Waals surface area contributed by atoms with Gasteiger partial charge in [0.15, 0.2) is 11.5 Å². The predicted molar refractivity (Wildman–Crippen MR) is 57.6 cm³/mol. The highest BCUT2D eigenvalue weighted by Crippen LogP contribution is 2.17. The minimum atomic E-state index is -1.24. The Labute approximate surface area is 101 Å². The van der Waals surface area contributed by atoms with Gasteiger partial charge in [0.25, 0.3) is 0 Å². The van der Waals surface area contributed by atoms with Crippen molar-refractivity contribution >= 4 is 5.97 Å². The van der Waals surface area contributed by atoms with Crippen molar-refractivity contribution in [3.8, 4) is 5.69 Å². The Hall–Kier alpha value is -2.31. The SMILES string of the molecule is CCc1c(C(=O)O)nnn1-c1ccc(F)cc1F. The normalized spacial score (nSPS) is 10.6. The number of hydrogen-bond donors (Lipinski definition) is 1. The summed E-state index contributed by atoms with van der Waals surface area (Å²) >= 11 is 0. The van der Waals surface area contributed by atoms with E-state index in [1.54, 1.807) is 6.92 Å². The first-order valence-corrected chi connectivity index (χ1v) is 5.18. The molecule has 0 atom stereocenters. The molecule has 0 aliphatic rings. The lowest BCUT2D eigenvalue weighted by Gasteiger charge is -2.06. The molecule has 94 valence electrons. The molecule has 0 bridgehead atoms. The summed E-state index contributed by atoms with van der Waals surface area (Å²) in [6.07, 6.45) is 0.311. The lowest BCUT2D eigenvalue weighted by molar-refractivity contribution is 0.0689. The van der Waals surface area contributed by atoms with E-state index in [1.807, 2.05) is 0 Å². The average Bonchev–Trinajstić information content (AvgIpc) is 2.72. The van der Waals surface area contributed by atoms with Crippen LogP contribution < -0.4 is 0 Å². The van der Waals surface area contributed by atoms with Crippen LogP contribution in [-0.2, 0) is 6.42 Å². The molecule has 0 aliphatic heterocycles. The van der Waals surface area contributed by atoms with Gasteiger partial charge in [0.1, 0.15) is 11.5 Å². The van der Waals surface area contributed by atoms with E-state index in [9.17, 15) is 13.6 Å². The summed E-state index contributed by atoms with van der Waals surface area (Å²) in [4.78, 5) is 10.9. The van der Waals surface area contributed by atoms with Crippen molar-refractivity contribution < 1.29 is 18.7 Å². The topological polar surface area (TPSA) is 68.0 Å². The molecule has 1 aromatic carbocycles. The van der Waals surface area contributed by atoms with Crippen LogP contribution in [0.15, 0.2) is 18.2 Å². The van der Waals surface area contributed by atoms with Gasteiger partial charge in [0.2, 0.25) is 0 Å². The van der Waals surface area contributed by atoms with Crippen molar-refractivity contribution in [1.82, 2.24) is 15.0 Å². The number of rotatable bonds is 3. The fourth-order valence-corrected chi connectivity index (χ4v) is 1.63. The van der Waals surface area contributed by atoms with Gasteiger partial charge in [-0.15, -0.1) is 5.10 Å². The van der Waals surface area contributed by atoms with Crippen LogP contribution in [0.1, 0.15) is 23.1 Å². The molecule has 2 aromatic rings. The highest BCUT2D eigenvalue weighted by Gasteiger charge is 2.20. The Morgan fingerprint density at radius 3 is 2.72 bits per heavy atom. The van der Waals surface area contributed by atoms with Gasteiger partial charge in [-0.3, -0.25) is 0 Å². The van der Waals surface area contributed by atoms with Crippen molar-refractivity contribution in [3.63, 3.8) is 0 Å². The van der Waals surface area contributed by atoms with Crippen LogP contribution in [-0.4, -0.2) is 26.1 Å². The first kappa shape index (κ1) is 12.2. The van der Waals surface area contributed by atoms with Crippen LogP contribution in [0, 0.1) is 11.6 Å². The van der Waals surface area contributed by atoms with Gasteiger partial charge in [0, 0.05) is 6.07 Å². The second kappa shape index (κ2) is 4.52. The molecule has 1 heterocycles. The smallest absolute Gasteiger partial charge is 0.358 e. The fourth-order valence-electron chi connectivity index (χ4n) is 1.63. The first-order chi connectivity index (χ1) is 8.54. The molecule has 0 saturated heterocycles. The van der Waals surface area contributed by atoms with Crippen molar-refractivity contribution in [1.29, 1.82) is 0 Å². The van der Waals surface area contributed by atoms with Crippen LogP contribution in [0.3, 0.4) is 0 Å². The van der Waals surface area contributed by atoms with Crippen molar-refractivity contribution in [2.75, 3.05) is 0 Å². The zero-order valence-corrected chi connectivity index (χ0v) is 9.39. The van der Waals surface area contributed by atoms with Gasteiger partial charge in [-0.05, 0) is 18.6 Å². The Balaban J connectivity index is 2.60. The molecular formula is C11H9F2N3O2. The third-order valence-electron chi connectivity index (χ3n) is 2.44. The van der Waals surface area contributed by atoms with E-state index in [2.05, 4.69) is 10.3 Å². The van der Waals surface area contributed by atoms with Crippen molar-refractivity contribution in [2.45, 2.75) is 13.3 Å². The number of carboxylic acid groups (broad SMARTS) is 1. The third-order valence-corrected chi connectivity index (χ3v) is 2.44. The maximum absolute atomic E-state index is 13.6. The number of aromatic carboxylic acids is 1. The molecule has 0 saturated carbocycles. The summed E-state index contributed by atoms with van der Waals surface area (Å²) in [6.45, 7) is 1.70. The third kappa shape index (κ3) is 1.94. The average molecular weight is 253 g/mol. The van der Waals surface area contributed by atoms with Crippen LogP contribution in [0.4, 0.5) is 8.78 Å². The predicted octanol–water partition coefficient (Wildman–Crippen LogP) is 1.81. The standard InChI is InChI=1S/C11H9F2N3O2/c1-2-8-10(11(17)18)14-15-16(8)9-4-3-6(12)5-7(9)13/h3-5H,2H2,1H3,(H,17,18). The van der Waals surface area contributed by atoms with Crippen LogP contribution >= 0.6 is 0 Å². The molecule has 2 rings (SSSR count). The highest BCUT2D eigenvalue weighted by atomic mass is 19.1. The van der Waals surface area contributed by atoms with E-state index in [1.165, 1.54) is 6.07 Å². The first-order valence-electron chi connectivity index (χ1n) is 5.18. The van der Waals surface area contributed by atoms with Crippen molar-refractivity contribution in [3.05, 3.63) is 41.2 Å². The summed E-state index contributed by atoms with van der Waals surface area (Å²) in [5, 5.41) is 16.0. The summed E-state index contributed by atoms with van der Waals surface area (Å²) in [5.41, 5.74) is -0.0116. The van der Waals surface area contributed by atoms with E-state index < -0.39 is 17.6 Å². The number of aromatic nitrogens is 3. The van der Waals surface area contributed by atoms with Crippen LogP contribution in [0.2, 0.25) is 0 Å². The van der Waals surface area contributed by atoms with E-state index in [4.69, 9.17) is 5.11 Å². The van der Waals surface area contributed by atoms with E-state index in [0.29, 0.717) is 12.5 Å². The Morgan fingerprint density at radius 2 is 2.17 bits per heavy atom. The number of carboxylic acids is 1. The van der Waals surface area contributed by atoms with Gasteiger partial charge < -0.3 is 5.11 Å². The minimum absolute atomic E-state index is 0.0340. The lowest BCUT2D eigenvalue weighted by Crippen LogP contribution is -2.07. The molecule has 0 amide bonds. The highest BCUT2D eigenvalue weighted by molar-refractivity contribution is 5.86. The number of benzene rings is 1. The molecule has 0 spiro atoms. The quantitative estimate of drug-likeness (QED) is 0.905. The van der Waals surface area contributed by atoms with Crippen molar-refractivity contribution in [2.24, 2.45) is 0 Å². The van der Waals surface area contributed by atoms with Crippen LogP contribution in [0.25, 0.3) is 5.69 Å². The summed E-state index contributed by atoms with van der Waals surface area (Å²) in [7, 11) is 0. The zero-order chi connectivity index (χ0) is 13.3. The van der Waals surface area contributed by atoms with E-state index in [0.717, 1.165) is 10.7 Å². The Morgan fingerprint density at radius 1 is 1.44 bits per heavy atom. The largest absolute Gasteiger partial charge is 0.476 e. The second-order valence-electron chi connectivity index (χ2n) is 3.55. The molecule has 0 unspecified atom stereocenters.